The van der Waals surface area contributed by atoms with Gasteiger partial charge in [-0.15, -0.1) is 0 Å². The van der Waals surface area contributed by atoms with Gasteiger partial charge in [-0.05, 0) is 24.6 Å². The zero-order valence-corrected chi connectivity index (χ0v) is 15.2. The number of carbonyl (C=O) groups excluding carboxylic acids is 1. The lowest BCUT2D eigenvalue weighted by atomic mass is 10.2. The van der Waals surface area contributed by atoms with Gasteiger partial charge >= 0.3 is 24.1 Å². The Labute approximate surface area is 156 Å². The van der Waals surface area contributed by atoms with Crippen molar-refractivity contribution < 1.29 is 44.1 Å². The van der Waals surface area contributed by atoms with Gasteiger partial charge in [0.25, 0.3) is 0 Å². The van der Waals surface area contributed by atoms with Crippen LogP contribution >= 0.6 is 0 Å². The fourth-order valence-corrected chi connectivity index (χ4v) is 3.70. The van der Waals surface area contributed by atoms with Gasteiger partial charge in [-0.1, -0.05) is 0 Å². The number of aryl methyl sites for hydroxylation is 1. The van der Waals surface area contributed by atoms with Gasteiger partial charge in [0.05, 0.1) is 29.6 Å². The standard InChI is InChI=1S/C15H14F8N2O2S/c1-8-3-9(16)10(4-11(8)28(27)7-15(21,22)23)24(2)12(26)25-5-13(17,18)14(19,20)6-25/h3-4H,5-7H2,1-2H3. The second-order valence-electron chi connectivity index (χ2n) is 6.28. The molecular formula is C15H14F8N2O2S. The maximum atomic E-state index is 14.2. The fourth-order valence-electron chi connectivity index (χ4n) is 2.59. The predicted octanol–water partition coefficient (Wildman–Crippen LogP) is 3.95. The number of alkyl halides is 7. The molecule has 1 fully saturated rings. The van der Waals surface area contributed by atoms with E-state index in [-0.39, 0.29) is 10.5 Å². The molecule has 0 radical (unpaired) electrons. The molecule has 13 heteroatoms. The van der Waals surface area contributed by atoms with Gasteiger partial charge in [0, 0.05) is 11.9 Å². The van der Waals surface area contributed by atoms with Crippen molar-refractivity contribution in [1.29, 1.82) is 0 Å². The van der Waals surface area contributed by atoms with Crippen molar-refractivity contribution in [3.63, 3.8) is 0 Å². The molecule has 1 atom stereocenters. The van der Waals surface area contributed by atoms with Crippen molar-refractivity contribution in [2.75, 3.05) is 30.8 Å². The summed E-state index contributed by atoms with van der Waals surface area (Å²) in [5.74, 6) is -11.8. The first-order valence-electron chi connectivity index (χ1n) is 7.59. The molecule has 1 unspecified atom stereocenters. The molecule has 158 valence electrons. The van der Waals surface area contributed by atoms with E-state index in [4.69, 9.17) is 0 Å². The second-order valence-corrected chi connectivity index (χ2v) is 7.70. The van der Waals surface area contributed by atoms with Gasteiger partial charge in [-0.3, -0.25) is 9.11 Å². The minimum Gasteiger partial charge on any atom is -0.312 e. The molecule has 0 N–H and O–H groups in total. The molecule has 1 aliphatic rings. The van der Waals surface area contributed by atoms with Gasteiger partial charge in [-0.25, -0.2) is 9.18 Å². The van der Waals surface area contributed by atoms with E-state index in [2.05, 4.69) is 0 Å². The number of carbonyl (C=O) groups is 1. The highest BCUT2D eigenvalue weighted by atomic mass is 32.2. The SMILES string of the molecule is Cc1cc(F)c(N(C)C(=O)N2CC(F)(F)C(F)(F)C2)cc1S(=O)CC(F)(F)F. The van der Waals surface area contributed by atoms with Crippen molar-refractivity contribution >= 4 is 22.5 Å². The van der Waals surface area contributed by atoms with Crippen LogP contribution < -0.4 is 4.90 Å². The van der Waals surface area contributed by atoms with E-state index in [1.807, 2.05) is 0 Å². The molecule has 0 saturated carbocycles. The summed E-state index contributed by atoms with van der Waals surface area (Å²) < 4.78 is 117. The third-order valence-electron chi connectivity index (χ3n) is 4.02. The number of urea groups is 1. The molecule has 1 aromatic carbocycles. The normalized spacial score (nSPS) is 19.6. The van der Waals surface area contributed by atoms with E-state index in [9.17, 15) is 44.1 Å². The number of benzene rings is 1. The molecule has 1 aliphatic heterocycles. The number of nitrogens with zero attached hydrogens (tertiary/aromatic N) is 2. The maximum absolute atomic E-state index is 14.2. The lowest BCUT2D eigenvalue weighted by Gasteiger charge is -2.25. The van der Waals surface area contributed by atoms with Gasteiger partial charge in [-0.2, -0.15) is 30.7 Å². The number of rotatable bonds is 3. The predicted molar refractivity (Wildman–Crippen MR) is 83.7 cm³/mol. The molecular weight excluding hydrogens is 424 g/mol. The highest BCUT2D eigenvalue weighted by Crippen LogP contribution is 2.41. The average Bonchev–Trinajstić information content (AvgIpc) is 2.72. The van der Waals surface area contributed by atoms with Crippen LogP contribution in [-0.2, 0) is 10.8 Å². The molecule has 1 saturated heterocycles. The molecule has 4 nitrogen and oxygen atoms in total. The summed E-state index contributed by atoms with van der Waals surface area (Å²) in [6.07, 6.45) is -4.78. The summed E-state index contributed by atoms with van der Waals surface area (Å²) in [5, 5.41) is 0. The average molecular weight is 438 g/mol. The van der Waals surface area contributed by atoms with Crippen molar-refractivity contribution in [2.24, 2.45) is 0 Å². The number of anilines is 1. The topological polar surface area (TPSA) is 40.6 Å². The molecule has 0 bridgehead atoms. The Bertz CT molecular complexity index is 796. The zero-order chi connectivity index (χ0) is 21.7. The van der Waals surface area contributed by atoms with E-state index in [1.54, 1.807) is 0 Å². The number of hydrogen-bond acceptors (Lipinski definition) is 2. The molecule has 28 heavy (non-hydrogen) atoms. The summed E-state index contributed by atoms with van der Waals surface area (Å²) >= 11 is 0. The van der Waals surface area contributed by atoms with E-state index in [0.717, 1.165) is 13.1 Å². The minimum absolute atomic E-state index is 0.0936. The van der Waals surface area contributed by atoms with Crippen LogP contribution in [0.1, 0.15) is 5.56 Å². The minimum atomic E-state index is -4.78. The quantitative estimate of drug-likeness (QED) is 0.671. The van der Waals surface area contributed by atoms with Crippen molar-refractivity contribution in [2.45, 2.75) is 29.8 Å². The first-order valence-corrected chi connectivity index (χ1v) is 8.91. The van der Waals surface area contributed by atoms with Crippen LogP contribution in [0.4, 0.5) is 45.6 Å². The summed E-state index contributed by atoms with van der Waals surface area (Å²) in [6, 6.07) is 0.0133. The Morgan fingerprint density at radius 2 is 1.68 bits per heavy atom. The summed E-state index contributed by atoms with van der Waals surface area (Å²) in [7, 11) is -1.75. The maximum Gasteiger partial charge on any atom is 0.400 e. The summed E-state index contributed by atoms with van der Waals surface area (Å²) in [5.41, 5.74) is -0.774. The number of hydrogen-bond donors (Lipinski definition) is 0. The fraction of sp³-hybridized carbons (Fsp3) is 0.533. The molecule has 2 amide bonds. The van der Waals surface area contributed by atoms with E-state index >= 15 is 0 Å². The first kappa shape index (κ1) is 22.4. The van der Waals surface area contributed by atoms with Gasteiger partial charge < -0.3 is 4.90 Å². The molecule has 1 aromatic rings. The van der Waals surface area contributed by atoms with Crippen LogP contribution in [0.25, 0.3) is 0 Å². The first-order chi connectivity index (χ1) is 12.6. The molecule has 2 rings (SSSR count). The highest BCUT2D eigenvalue weighted by Gasteiger charge is 2.64. The largest absolute Gasteiger partial charge is 0.400 e. The Hall–Kier alpha value is -1.92. The van der Waals surface area contributed by atoms with Crippen LogP contribution in [0, 0.1) is 12.7 Å². The van der Waals surface area contributed by atoms with Crippen molar-refractivity contribution in [3.8, 4) is 0 Å². The number of amides is 2. The zero-order valence-electron chi connectivity index (χ0n) is 14.4. The Balaban J connectivity index is 2.33. The van der Waals surface area contributed by atoms with Crippen LogP contribution in [0.3, 0.4) is 0 Å². The summed E-state index contributed by atoms with van der Waals surface area (Å²) in [4.78, 5) is 12.3. The van der Waals surface area contributed by atoms with Crippen LogP contribution in [0.5, 0.6) is 0 Å². The lowest BCUT2D eigenvalue weighted by Crippen LogP contribution is -2.41. The third kappa shape index (κ3) is 4.39. The van der Waals surface area contributed by atoms with E-state index in [0.29, 0.717) is 11.0 Å². The number of likely N-dealkylation sites (tertiary alicyclic amines) is 1. The van der Waals surface area contributed by atoms with E-state index < -0.39 is 70.1 Å². The van der Waals surface area contributed by atoms with Gasteiger partial charge in [0.1, 0.15) is 11.6 Å². The Morgan fingerprint density at radius 1 is 1.18 bits per heavy atom. The Kier molecular flexibility index (Phi) is 5.72. The van der Waals surface area contributed by atoms with E-state index in [1.165, 1.54) is 6.92 Å². The third-order valence-corrected chi connectivity index (χ3v) is 5.54. The second kappa shape index (κ2) is 7.16. The summed E-state index contributed by atoms with van der Waals surface area (Å²) in [6.45, 7) is -2.02. The monoisotopic (exact) mass is 438 g/mol. The number of halogens is 8. The molecule has 0 aromatic heterocycles. The van der Waals surface area contributed by atoms with Crippen molar-refractivity contribution in [1.82, 2.24) is 4.90 Å². The Morgan fingerprint density at radius 3 is 2.14 bits per heavy atom. The highest BCUT2D eigenvalue weighted by molar-refractivity contribution is 7.85. The van der Waals surface area contributed by atoms with Gasteiger partial charge in [0.2, 0.25) is 0 Å². The van der Waals surface area contributed by atoms with Crippen LogP contribution in [0.2, 0.25) is 0 Å². The van der Waals surface area contributed by atoms with Crippen LogP contribution in [0.15, 0.2) is 17.0 Å². The van der Waals surface area contributed by atoms with Crippen molar-refractivity contribution in [3.05, 3.63) is 23.5 Å². The molecule has 0 aliphatic carbocycles. The van der Waals surface area contributed by atoms with Crippen LogP contribution in [-0.4, -0.2) is 59.1 Å². The smallest absolute Gasteiger partial charge is 0.312 e. The molecule has 0 spiro atoms. The van der Waals surface area contributed by atoms with Gasteiger partial charge in [0.15, 0.2) is 0 Å². The lowest BCUT2D eigenvalue weighted by molar-refractivity contribution is -0.172. The molecule has 1 heterocycles.